The molecule has 60 heavy (non-hydrogen) atoms. The van der Waals surface area contributed by atoms with Gasteiger partial charge in [-0.15, -0.1) is 0 Å². The summed E-state index contributed by atoms with van der Waals surface area (Å²) >= 11 is 7.17. The first-order valence-electron chi connectivity index (χ1n) is 20.8. The number of fused-ring (bicyclic) bond motifs is 2. The van der Waals surface area contributed by atoms with Gasteiger partial charge in [-0.2, -0.15) is 9.59 Å². The Kier molecular flexibility index (Phi) is 14.3. The number of aliphatic hydroxyl groups is 1. The number of benzene rings is 2. The second-order valence-electron chi connectivity index (χ2n) is 16.5. The van der Waals surface area contributed by atoms with E-state index in [2.05, 4.69) is 104 Å². The number of rotatable bonds is 6. The number of hydrogen-bond acceptors (Lipinski definition) is 10. The van der Waals surface area contributed by atoms with Crippen LogP contribution in [0.25, 0.3) is 16.7 Å². The molecule has 3 aliphatic heterocycles. The third-order valence-electron chi connectivity index (χ3n) is 12.2. The topological polar surface area (TPSA) is 138 Å². The molecule has 318 valence electrons. The van der Waals surface area contributed by atoms with Crippen molar-refractivity contribution in [2.45, 2.75) is 100 Å². The number of piperidine rings is 2. The zero-order valence-corrected chi connectivity index (χ0v) is 39.4. The van der Waals surface area contributed by atoms with Crippen molar-refractivity contribution in [1.29, 1.82) is 0 Å². The molecule has 6 heterocycles. The average Bonchev–Trinajstić information content (AvgIpc) is 3.65. The van der Waals surface area contributed by atoms with Crippen LogP contribution < -0.4 is 14.7 Å². The molecule has 0 bridgehead atoms. The summed E-state index contributed by atoms with van der Waals surface area (Å²) in [5.74, 6) is 5.30. The van der Waals surface area contributed by atoms with Crippen molar-refractivity contribution in [2.24, 2.45) is 11.8 Å². The van der Waals surface area contributed by atoms with Crippen molar-refractivity contribution >= 4 is 78.1 Å². The SMILES string of the molecule is CCC1CCN(c2nc(C)nc3c2C(C)C(=O)N3c2c(C)cc(Br)cc2C)CC1.Cc1nc(N2CCC(CO)CC2)c2c(C)cn(-c3c(C)cc(Br)cc3C)c2n1.O=C=O. The van der Waals surface area contributed by atoms with E-state index in [1.54, 1.807) is 0 Å². The number of carbonyl (C=O) groups is 1. The van der Waals surface area contributed by atoms with Crippen molar-refractivity contribution in [1.82, 2.24) is 24.5 Å². The van der Waals surface area contributed by atoms with E-state index in [-0.39, 0.29) is 24.6 Å². The molecule has 12 nitrogen and oxygen atoms in total. The molecule has 3 aliphatic rings. The summed E-state index contributed by atoms with van der Waals surface area (Å²) in [6, 6.07) is 8.42. The number of carbonyl (C=O) groups excluding carboxylic acids is 3. The van der Waals surface area contributed by atoms with Crippen LogP contribution in [0.15, 0.2) is 39.4 Å². The zero-order valence-electron chi connectivity index (χ0n) is 36.2. The Bertz CT molecular complexity index is 2380. The fraction of sp³-hybridized carbons (Fsp3) is 0.478. The summed E-state index contributed by atoms with van der Waals surface area (Å²) in [5, 5.41) is 10.6. The Morgan fingerprint density at radius 3 is 1.65 bits per heavy atom. The molecule has 0 radical (unpaired) electrons. The van der Waals surface area contributed by atoms with Gasteiger partial charge in [0.15, 0.2) is 5.65 Å². The maximum absolute atomic E-state index is 13.4. The van der Waals surface area contributed by atoms with Crippen LogP contribution in [0.4, 0.5) is 23.1 Å². The van der Waals surface area contributed by atoms with Crippen LogP contribution in [-0.2, 0) is 14.4 Å². The first-order valence-corrected chi connectivity index (χ1v) is 22.4. The number of aryl methyl sites for hydroxylation is 7. The fourth-order valence-electron chi connectivity index (χ4n) is 9.20. The van der Waals surface area contributed by atoms with Crippen molar-refractivity contribution in [2.75, 3.05) is 47.5 Å². The van der Waals surface area contributed by atoms with Crippen molar-refractivity contribution in [3.63, 3.8) is 0 Å². The number of amides is 1. The lowest BCUT2D eigenvalue weighted by atomic mass is 9.94. The van der Waals surface area contributed by atoms with Gasteiger partial charge in [-0.3, -0.25) is 9.69 Å². The van der Waals surface area contributed by atoms with Crippen LogP contribution in [0.5, 0.6) is 0 Å². The molecule has 8 rings (SSSR count). The smallest absolute Gasteiger partial charge is 0.373 e. The second-order valence-corrected chi connectivity index (χ2v) is 18.3. The molecule has 1 atom stereocenters. The third-order valence-corrected chi connectivity index (χ3v) is 13.1. The first kappa shape index (κ1) is 45.0. The molecule has 0 spiro atoms. The number of aliphatic hydroxyl groups excluding tert-OH is 1. The molecule has 2 saturated heterocycles. The van der Waals surface area contributed by atoms with Gasteiger partial charge in [0.2, 0.25) is 5.91 Å². The lowest BCUT2D eigenvalue weighted by Gasteiger charge is -2.33. The highest BCUT2D eigenvalue weighted by molar-refractivity contribution is 9.10. The molecule has 0 aliphatic carbocycles. The Hall–Kier alpha value is -4.49. The monoisotopic (exact) mass is 942 g/mol. The second kappa shape index (κ2) is 19.1. The molecule has 5 aromatic rings. The molecule has 3 aromatic heterocycles. The molecule has 0 saturated carbocycles. The Balaban J connectivity index is 0.000000189. The Labute approximate surface area is 370 Å². The van der Waals surface area contributed by atoms with Gasteiger partial charge < -0.3 is 19.5 Å². The number of nitrogens with zero attached hydrogens (tertiary/aromatic N) is 8. The van der Waals surface area contributed by atoms with E-state index in [0.717, 1.165) is 116 Å². The molecule has 2 fully saturated rings. The summed E-state index contributed by atoms with van der Waals surface area (Å²) < 4.78 is 4.34. The maximum Gasteiger partial charge on any atom is 0.373 e. The van der Waals surface area contributed by atoms with Gasteiger partial charge in [0, 0.05) is 47.9 Å². The minimum Gasteiger partial charge on any atom is -0.396 e. The summed E-state index contributed by atoms with van der Waals surface area (Å²) in [5.41, 5.74) is 9.82. The van der Waals surface area contributed by atoms with Crippen molar-refractivity contribution < 1.29 is 19.5 Å². The fourth-order valence-corrected chi connectivity index (χ4v) is 10.6. The standard InChI is InChI=1S/C23H29BrN4O.C22H27BrN4O.CO2/c1-6-17-7-9-27(10-8-17)21-19-15(4)23(29)28(22(19)26-16(5)25-21)20-13(2)11-18(24)12-14(20)3;1-13-9-18(23)10-14(2)20(13)27-11-15(3)19-21(24-16(4)25-22(19)27)26-7-5-17(12-28)6-8-26;2-1-3/h11-12,15,17H,6-10H2,1-5H3;9-11,17,28H,5-8,12H2,1-4H3;. The minimum atomic E-state index is -0.244. The number of hydrogen-bond donors (Lipinski definition) is 1. The lowest BCUT2D eigenvalue weighted by Crippen LogP contribution is -2.35. The molecular weight excluding hydrogens is 888 g/mol. The average molecular weight is 945 g/mol. The predicted molar refractivity (Wildman–Crippen MR) is 244 cm³/mol. The van der Waals surface area contributed by atoms with Gasteiger partial charge in [0.05, 0.1) is 28.2 Å². The van der Waals surface area contributed by atoms with Gasteiger partial charge in [-0.1, -0.05) is 45.2 Å². The molecule has 1 amide bonds. The summed E-state index contributed by atoms with van der Waals surface area (Å²) in [6.45, 7) is 22.8. The van der Waals surface area contributed by atoms with Gasteiger partial charge in [-0.05, 0) is 145 Å². The highest BCUT2D eigenvalue weighted by Gasteiger charge is 2.42. The lowest BCUT2D eigenvalue weighted by molar-refractivity contribution is -0.191. The summed E-state index contributed by atoms with van der Waals surface area (Å²) in [7, 11) is 0. The quantitative estimate of drug-likeness (QED) is 0.175. The van der Waals surface area contributed by atoms with Crippen LogP contribution in [0, 0.1) is 60.3 Å². The highest BCUT2D eigenvalue weighted by Crippen LogP contribution is 2.47. The van der Waals surface area contributed by atoms with Gasteiger partial charge in [0.25, 0.3) is 0 Å². The Morgan fingerprint density at radius 2 is 1.13 bits per heavy atom. The molecule has 1 unspecified atom stereocenters. The maximum atomic E-state index is 13.4. The highest BCUT2D eigenvalue weighted by atomic mass is 79.9. The number of aromatic nitrogens is 5. The van der Waals surface area contributed by atoms with Crippen LogP contribution in [-0.4, -0.2) is 74.5 Å². The normalized spacial score (nSPS) is 17.0. The van der Waals surface area contributed by atoms with Gasteiger partial charge in [0.1, 0.15) is 29.1 Å². The number of halogens is 2. The van der Waals surface area contributed by atoms with Gasteiger partial charge in [-0.25, -0.2) is 19.9 Å². The van der Waals surface area contributed by atoms with Crippen molar-refractivity contribution in [3.8, 4) is 5.69 Å². The first-order chi connectivity index (χ1) is 28.6. The largest absolute Gasteiger partial charge is 0.396 e. The van der Waals surface area contributed by atoms with E-state index in [1.165, 1.54) is 41.6 Å². The van der Waals surface area contributed by atoms with Crippen LogP contribution in [0.1, 0.15) is 96.9 Å². The van der Waals surface area contributed by atoms with Crippen LogP contribution >= 0.6 is 31.9 Å². The summed E-state index contributed by atoms with van der Waals surface area (Å²) in [4.78, 5) is 55.5. The van der Waals surface area contributed by atoms with E-state index >= 15 is 0 Å². The Morgan fingerprint density at radius 1 is 0.683 bits per heavy atom. The van der Waals surface area contributed by atoms with E-state index < -0.39 is 0 Å². The minimum absolute atomic E-state index is 0.0816. The molecular formula is C46H56Br2N8O4. The zero-order chi connectivity index (χ0) is 43.6. The van der Waals surface area contributed by atoms with Crippen LogP contribution in [0.3, 0.4) is 0 Å². The molecule has 1 N–H and O–H groups in total. The number of anilines is 4. The van der Waals surface area contributed by atoms with E-state index in [1.807, 2.05) is 39.5 Å². The third kappa shape index (κ3) is 9.07. The van der Waals surface area contributed by atoms with Crippen LogP contribution in [0.2, 0.25) is 0 Å². The van der Waals surface area contributed by atoms with E-state index in [9.17, 15) is 9.90 Å². The van der Waals surface area contributed by atoms with Crippen molar-refractivity contribution in [3.05, 3.63) is 84.4 Å². The van der Waals surface area contributed by atoms with Gasteiger partial charge >= 0.3 is 6.15 Å². The van der Waals surface area contributed by atoms with E-state index in [0.29, 0.717) is 5.92 Å². The molecule has 2 aromatic carbocycles. The van der Waals surface area contributed by atoms with E-state index in [4.69, 9.17) is 29.5 Å². The summed E-state index contributed by atoms with van der Waals surface area (Å²) in [6.07, 6.45) is 8.06. The molecule has 14 heteroatoms. The predicted octanol–water partition coefficient (Wildman–Crippen LogP) is 9.61.